The first-order valence-corrected chi connectivity index (χ1v) is 22.0. The number of hydrogen-bond donors (Lipinski definition) is 2. The van der Waals surface area contributed by atoms with Crippen molar-refractivity contribution >= 4 is 52.6 Å². The second-order valence-corrected chi connectivity index (χ2v) is 18.4. The van der Waals surface area contributed by atoms with Crippen molar-refractivity contribution < 1.29 is 42.9 Å². The number of aromatic nitrogens is 2. The van der Waals surface area contributed by atoms with Crippen molar-refractivity contribution in [3.8, 4) is 22.6 Å². The van der Waals surface area contributed by atoms with Crippen LogP contribution in [0.25, 0.3) is 22.2 Å². The van der Waals surface area contributed by atoms with Gasteiger partial charge in [0.2, 0.25) is 11.9 Å². The number of carbonyl (C=O) groups excluding carboxylic acids is 5. The van der Waals surface area contributed by atoms with E-state index in [9.17, 15) is 24.0 Å². The average Bonchev–Trinajstić information content (AvgIpc) is 3.61. The summed E-state index contributed by atoms with van der Waals surface area (Å²) in [7, 11) is 6.65. The Kier molecular flexibility index (Phi) is 16.1. The number of methoxy groups -OCH3 is 1. The zero-order valence-electron chi connectivity index (χ0n) is 39.8. The highest BCUT2D eigenvalue weighted by Crippen LogP contribution is 2.40. The van der Waals surface area contributed by atoms with Gasteiger partial charge in [-0.1, -0.05) is 18.2 Å². The molecule has 0 bridgehead atoms. The van der Waals surface area contributed by atoms with E-state index in [1.54, 1.807) is 86.0 Å². The van der Waals surface area contributed by atoms with Crippen molar-refractivity contribution in [2.75, 3.05) is 84.3 Å². The van der Waals surface area contributed by atoms with Crippen molar-refractivity contribution in [2.45, 2.75) is 85.4 Å². The maximum absolute atomic E-state index is 14.4. The monoisotopic (exact) mass is 898 g/mol. The molecule has 352 valence electrons. The molecule has 0 spiro atoms. The first-order valence-electron chi connectivity index (χ1n) is 22.0. The first kappa shape index (κ1) is 49.7. The number of hydrogen-bond acceptors (Lipinski definition) is 12. The lowest BCUT2D eigenvalue weighted by molar-refractivity contribution is -0.132. The van der Waals surface area contributed by atoms with Crippen LogP contribution in [0.3, 0.4) is 0 Å². The van der Waals surface area contributed by atoms with Gasteiger partial charge in [0.05, 0.1) is 41.6 Å². The van der Waals surface area contributed by atoms with Crippen LogP contribution in [0.15, 0.2) is 48.5 Å². The maximum atomic E-state index is 14.4. The van der Waals surface area contributed by atoms with Gasteiger partial charge in [-0.2, -0.15) is 0 Å². The van der Waals surface area contributed by atoms with Crippen molar-refractivity contribution in [3.05, 3.63) is 65.2 Å². The summed E-state index contributed by atoms with van der Waals surface area (Å²) in [5.41, 5.74) is 7.40. The van der Waals surface area contributed by atoms with E-state index in [0.717, 1.165) is 51.0 Å². The lowest BCUT2D eigenvalue weighted by atomic mass is 9.95. The van der Waals surface area contributed by atoms with E-state index < -0.39 is 35.2 Å². The van der Waals surface area contributed by atoms with Crippen LogP contribution in [0.2, 0.25) is 0 Å². The number of aryl methyl sites for hydroxylation is 1. The second-order valence-electron chi connectivity index (χ2n) is 18.4. The van der Waals surface area contributed by atoms with Gasteiger partial charge in [0.15, 0.2) is 0 Å². The third-order valence-corrected chi connectivity index (χ3v) is 10.8. The fourth-order valence-corrected chi connectivity index (χ4v) is 7.38. The number of likely N-dealkylation sites (N-methyl/N-ethyl adjacent to an activating group) is 2. The molecule has 1 aliphatic rings. The number of anilines is 2. The number of unbranched alkanes of at least 4 members (excludes halogenated alkanes) is 2. The predicted molar refractivity (Wildman–Crippen MR) is 251 cm³/mol. The number of para-hydroxylation sites is 1. The Morgan fingerprint density at radius 3 is 2.20 bits per heavy atom. The molecule has 17 heteroatoms. The number of piperazine rings is 1. The van der Waals surface area contributed by atoms with E-state index in [1.165, 1.54) is 27.5 Å². The Morgan fingerprint density at radius 1 is 0.862 bits per heavy atom. The molecular formula is C48H66N8O9. The Labute approximate surface area is 382 Å². The number of primary amides is 1. The zero-order valence-corrected chi connectivity index (χ0v) is 39.8. The highest BCUT2D eigenvalue weighted by Gasteiger charge is 2.30. The van der Waals surface area contributed by atoms with E-state index in [1.807, 2.05) is 24.0 Å². The van der Waals surface area contributed by atoms with Crippen LogP contribution in [-0.2, 0) is 14.3 Å². The SMILES string of the molecule is COc1c(-c2cccc3c2nc(NCCN(C)C(=O)OC(C)(C)C)n3C(=O)OC(C)(C)C)ccc(C(=O)N(C)c2ccc(C)cc2OCCCCCC(=O)N2CCN(C)CC2)c1C(N)=O. The van der Waals surface area contributed by atoms with E-state index in [2.05, 4.69) is 17.3 Å². The van der Waals surface area contributed by atoms with Crippen molar-refractivity contribution in [3.63, 3.8) is 0 Å². The molecule has 5 rings (SSSR count). The van der Waals surface area contributed by atoms with Gasteiger partial charge in [-0.15, -0.1) is 0 Å². The minimum atomic E-state index is -0.894. The summed E-state index contributed by atoms with van der Waals surface area (Å²) in [6.45, 7) is 16.6. The third kappa shape index (κ3) is 12.7. The number of imidazole rings is 1. The van der Waals surface area contributed by atoms with Crippen LogP contribution in [0.1, 0.15) is 93.5 Å². The molecule has 65 heavy (non-hydrogen) atoms. The van der Waals surface area contributed by atoms with E-state index in [4.69, 9.17) is 29.7 Å². The molecule has 2 heterocycles. The summed E-state index contributed by atoms with van der Waals surface area (Å²) in [6.07, 6.45) is 1.59. The topological polar surface area (TPSA) is 191 Å². The molecule has 1 fully saturated rings. The van der Waals surface area contributed by atoms with E-state index >= 15 is 0 Å². The minimum absolute atomic E-state index is 0.0000599. The Bertz CT molecular complexity index is 2370. The number of carbonyl (C=O) groups is 5. The number of rotatable bonds is 16. The fourth-order valence-electron chi connectivity index (χ4n) is 7.38. The zero-order chi connectivity index (χ0) is 47.8. The molecule has 4 aromatic rings. The normalized spacial score (nSPS) is 13.3. The van der Waals surface area contributed by atoms with Crippen molar-refractivity contribution in [2.24, 2.45) is 5.73 Å². The molecular weight excluding hydrogens is 833 g/mol. The highest BCUT2D eigenvalue weighted by atomic mass is 16.6. The minimum Gasteiger partial charge on any atom is -0.495 e. The first-order chi connectivity index (χ1) is 30.6. The van der Waals surface area contributed by atoms with Gasteiger partial charge < -0.3 is 49.6 Å². The highest BCUT2D eigenvalue weighted by molar-refractivity contribution is 6.16. The molecule has 1 saturated heterocycles. The van der Waals surface area contributed by atoms with Crippen LogP contribution in [0, 0.1) is 6.92 Å². The number of nitrogens with zero attached hydrogens (tertiary/aromatic N) is 6. The lowest BCUT2D eigenvalue weighted by Crippen LogP contribution is -2.47. The van der Waals surface area contributed by atoms with Gasteiger partial charge in [0, 0.05) is 70.9 Å². The van der Waals surface area contributed by atoms with Crippen LogP contribution < -0.4 is 25.4 Å². The summed E-state index contributed by atoms with van der Waals surface area (Å²) >= 11 is 0. The summed E-state index contributed by atoms with van der Waals surface area (Å²) in [5, 5.41) is 3.17. The summed E-state index contributed by atoms with van der Waals surface area (Å²) in [4.78, 5) is 78.7. The molecule has 1 aliphatic heterocycles. The molecule has 0 unspecified atom stereocenters. The maximum Gasteiger partial charge on any atom is 0.421 e. The molecule has 0 aliphatic carbocycles. The van der Waals surface area contributed by atoms with Crippen molar-refractivity contribution in [1.82, 2.24) is 24.3 Å². The summed E-state index contributed by atoms with van der Waals surface area (Å²) in [5.74, 6) is -0.562. The second kappa shape index (κ2) is 21.1. The summed E-state index contributed by atoms with van der Waals surface area (Å²) in [6, 6.07) is 13.9. The number of nitrogens with one attached hydrogen (secondary N) is 1. The van der Waals surface area contributed by atoms with Gasteiger partial charge in [0.25, 0.3) is 11.8 Å². The largest absolute Gasteiger partial charge is 0.495 e. The van der Waals surface area contributed by atoms with Gasteiger partial charge in [-0.3, -0.25) is 14.4 Å². The van der Waals surface area contributed by atoms with Gasteiger partial charge in [-0.25, -0.2) is 19.1 Å². The van der Waals surface area contributed by atoms with E-state index in [0.29, 0.717) is 46.6 Å². The Balaban J connectivity index is 1.41. The molecule has 3 aromatic carbocycles. The number of nitrogens with two attached hydrogens (primary N) is 1. The summed E-state index contributed by atoms with van der Waals surface area (Å²) < 4.78 is 24.7. The Hall–Kier alpha value is -6.36. The number of fused-ring (bicyclic) bond motifs is 1. The van der Waals surface area contributed by atoms with Gasteiger partial charge in [0.1, 0.15) is 22.7 Å². The molecule has 17 nitrogen and oxygen atoms in total. The number of ether oxygens (including phenoxy) is 4. The fraction of sp³-hybridized carbons (Fsp3) is 0.500. The van der Waals surface area contributed by atoms with Crippen LogP contribution in [-0.4, -0.2) is 139 Å². The molecule has 0 radical (unpaired) electrons. The van der Waals surface area contributed by atoms with Crippen LogP contribution in [0.4, 0.5) is 21.2 Å². The molecule has 3 N–H and O–H groups in total. The molecule has 4 amide bonds. The van der Waals surface area contributed by atoms with Gasteiger partial charge >= 0.3 is 12.2 Å². The average molecular weight is 899 g/mol. The van der Waals surface area contributed by atoms with Gasteiger partial charge in [-0.05, 0) is 111 Å². The quantitative estimate of drug-likeness (QED) is 0.108. The molecule has 0 atom stereocenters. The molecule has 0 saturated carbocycles. The standard InChI is InChI=1S/C48H66N8O9/c1-31-19-22-35(37(30-31)63-29-14-12-13-18-38(57)55-27-25-52(8)26-28-55)54(10)43(59)34-21-20-33(41(62-11)39(34)42(49)58)32-16-15-17-36-40(32)51-44(56(36)46(61)65-48(5,6)7)50-23-24-53(9)45(60)64-47(2,3)4/h15-17,19-22,30H,12-14,18,23-29H2,1-11H3,(H2,49,58)(H,50,51). The number of benzene rings is 3. The molecule has 1 aromatic heterocycles. The van der Waals surface area contributed by atoms with Crippen molar-refractivity contribution in [1.29, 1.82) is 0 Å². The van der Waals surface area contributed by atoms with E-state index in [-0.39, 0.29) is 41.8 Å². The number of amides is 4. The Morgan fingerprint density at radius 2 is 1.55 bits per heavy atom. The lowest BCUT2D eigenvalue weighted by Gasteiger charge is -2.32. The third-order valence-electron chi connectivity index (χ3n) is 10.8. The predicted octanol–water partition coefficient (Wildman–Crippen LogP) is 7.17. The smallest absolute Gasteiger partial charge is 0.421 e. The van der Waals surface area contributed by atoms with Crippen LogP contribution in [0.5, 0.6) is 11.5 Å². The van der Waals surface area contributed by atoms with Crippen LogP contribution >= 0.6 is 0 Å².